The van der Waals surface area contributed by atoms with Crippen molar-refractivity contribution in [2.45, 2.75) is 31.5 Å². The first kappa shape index (κ1) is 16.4. The van der Waals surface area contributed by atoms with E-state index in [1.807, 2.05) is 35.0 Å². The highest BCUT2D eigenvalue weighted by Gasteiger charge is 2.33. The normalized spacial score (nSPS) is 20.1. The molecule has 1 amide bonds. The molecule has 0 bridgehead atoms. The van der Waals surface area contributed by atoms with Gasteiger partial charge in [-0.05, 0) is 43.2 Å². The molecule has 1 saturated carbocycles. The van der Waals surface area contributed by atoms with Gasteiger partial charge in [-0.2, -0.15) is 5.10 Å². The van der Waals surface area contributed by atoms with Crippen LogP contribution in [-0.4, -0.2) is 46.3 Å². The quantitative estimate of drug-likeness (QED) is 0.858. The van der Waals surface area contributed by atoms with E-state index in [9.17, 15) is 4.79 Å². The topological polar surface area (TPSA) is 59.4 Å². The summed E-state index contributed by atoms with van der Waals surface area (Å²) in [7, 11) is 0. The molecule has 25 heavy (non-hydrogen) atoms. The fraction of sp³-hybridized carbons (Fsp3) is 0.444. The summed E-state index contributed by atoms with van der Waals surface area (Å²) in [6.07, 6.45) is 3.94. The molecule has 0 saturated heterocycles. The zero-order valence-corrected chi connectivity index (χ0v) is 14.7. The van der Waals surface area contributed by atoms with Crippen LogP contribution in [0.4, 0.5) is 0 Å². The Bertz CT molecular complexity index is 742. The molecule has 1 atom stereocenters. The smallest absolute Gasteiger partial charge is 0.246 e. The lowest BCUT2D eigenvalue weighted by molar-refractivity contribution is -0.126. The highest BCUT2D eigenvalue weighted by atomic mass is 35.5. The second-order valence-electron chi connectivity index (χ2n) is 6.60. The van der Waals surface area contributed by atoms with Crippen molar-refractivity contribution in [2.24, 2.45) is 0 Å². The third-order valence-electron chi connectivity index (χ3n) is 4.58. The molecule has 2 heterocycles. The molecule has 7 heteroatoms. The first-order valence-corrected chi connectivity index (χ1v) is 9.00. The number of carbonyl (C=O) groups is 1. The lowest BCUT2D eigenvalue weighted by Crippen LogP contribution is -2.46. The van der Waals surface area contributed by atoms with E-state index < -0.39 is 0 Å². The van der Waals surface area contributed by atoms with E-state index in [4.69, 9.17) is 16.3 Å². The number of hydrogen-bond donors (Lipinski definition) is 1. The van der Waals surface area contributed by atoms with Crippen LogP contribution in [0.25, 0.3) is 0 Å². The van der Waals surface area contributed by atoms with E-state index >= 15 is 0 Å². The van der Waals surface area contributed by atoms with Crippen molar-refractivity contribution in [3.8, 4) is 5.75 Å². The van der Waals surface area contributed by atoms with Gasteiger partial charge in [-0.3, -0.25) is 14.4 Å². The van der Waals surface area contributed by atoms with E-state index in [-0.39, 0.29) is 11.9 Å². The Morgan fingerprint density at radius 2 is 2.08 bits per heavy atom. The van der Waals surface area contributed by atoms with E-state index in [2.05, 4.69) is 15.3 Å². The predicted octanol–water partition coefficient (Wildman–Crippen LogP) is 2.25. The summed E-state index contributed by atoms with van der Waals surface area (Å²) in [6.45, 7) is 2.74. The van der Waals surface area contributed by atoms with Gasteiger partial charge in [-0.1, -0.05) is 11.6 Å². The van der Waals surface area contributed by atoms with Gasteiger partial charge in [0.25, 0.3) is 0 Å². The molecule has 0 spiro atoms. The van der Waals surface area contributed by atoms with Crippen molar-refractivity contribution in [3.63, 3.8) is 0 Å². The Morgan fingerprint density at radius 1 is 1.28 bits per heavy atom. The number of halogens is 1. The second kappa shape index (κ2) is 7.06. The lowest BCUT2D eigenvalue weighted by atomic mass is 10.1. The molecule has 0 radical (unpaired) electrons. The molecule has 1 N–H and O–H groups in total. The largest absolute Gasteiger partial charge is 0.492 e. The first-order chi connectivity index (χ1) is 12.2. The molecule has 4 rings (SSSR count). The Morgan fingerprint density at radius 3 is 2.84 bits per heavy atom. The van der Waals surface area contributed by atoms with Crippen molar-refractivity contribution in [1.82, 2.24) is 20.0 Å². The van der Waals surface area contributed by atoms with Crippen LogP contribution in [0.3, 0.4) is 0 Å². The summed E-state index contributed by atoms with van der Waals surface area (Å²) in [5.74, 6) is 0.866. The molecule has 132 valence electrons. The van der Waals surface area contributed by atoms with Crippen molar-refractivity contribution in [2.75, 3.05) is 19.7 Å². The Kier molecular flexibility index (Phi) is 4.63. The molecule has 1 aliphatic heterocycles. The van der Waals surface area contributed by atoms with Gasteiger partial charge >= 0.3 is 0 Å². The standard InChI is InChI=1S/C18H21ClN4O2/c19-13-1-5-16(6-2-13)25-10-9-22-11-15-7-8-20-23(15)17(12-22)18(24)21-14-3-4-14/h1-2,5-8,14,17H,3-4,9-12H2,(H,21,24). The van der Waals surface area contributed by atoms with Crippen LogP contribution in [0.15, 0.2) is 36.5 Å². The maximum Gasteiger partial charge on any atom is 0.246 e. The highest BCUT2D eigenvalue weighted by Crippen LogP contribution is 2.24. The van der Waals surface area contributed by atoms with Crippen LogP contribution in [0.2, 0.25) is 5.02 Å². The van der Waals surface area contributed by atoms with Gasteiger partial charge in [0, 0.05) is 36.9 Å². The Balaban J connectivity index is 1.36. The monoisotopic (exact) mass is 360 g/mol. The zero-order valence-electron chi connectivity index (χ0n) is 13.9. The van der Waals surface area contributed by atoms with Crippen LogP contribution in [0.5, 0.6) is 5.75 Å². The van der Waals surface area contributed by atoms with Gasteiger partial charge in [0.05, 0.1) is 5.69 Å². The van der Waals surface area contributed by atoms with Gasteiger partial charge in [-0.25, -0.2) is 0 Å². The average molecular weight is 361 g/mol. The first-order valence-electron chi connectivity index (χ1n) is 8.62. The number of carbonyl (C=O) groups excluding carboxylic acids is 1. The van der Waals surface area contributed by atoms with E-state index in [1.165, 1.54) is 0 Å². The predicted molar refractivity (Wildman–Crippen MR) is 94.7 cm³/mol. The molecule has 1 aromatic heterocycles. The minimum Gasteiger partial charge on any atom is -0.492 e. The van der Waals surface area contributed by atoms with Gasteiger partial charge in [0.1, 0.15) is 18.4 Å². The maximum absolute atomic E-state index is 12.5. The Labute approximate surface area is 151 Å². The summed E-state index contributed by atoms with van der Waals surface area (Å²) >= 11 is 5.88. The second-order valence-corrected chi connectivity index (χ2v) is 7.04. The fourth-order valence-electron chi connectivity index (χ4n) is 3.08. The third kappa shape index (κ3) is 3.96. The number of aromatic nitrogens is 2. The van der Waals surface area contributed by atoms with Gasteiger partial charge in [-0.15, -0.1) is 0 Å². The maximum atomic E-state index is 12.5. The minimum absolute atomic E-state index is 0.0655. The number of benzene rings is 1. The van der Waals surface area contributed by atoms with E-state index in [1.54, 1.807) is 6.20 Å². The van der Waals surface area contributed by atoms with Crippen LogP contribution >= 0.6 is 11.6 Å². The molecule has 2 aromatic rings. The van der Waals surface area contributed by atoms with Crippen molar-refractivity contribution in [1.29, 1.82) is 0 Å². The number of nitrogens with one attached hydrogen (secondary N) is 1. The summed E-state index contributed by atoms with van der Waals surface area (Å²) in [5, 5.41) is 8.13. The average Bonchev–Trinajstić information content (AvgIpc) is 3.29. The molecule has 6 nitrogen and oxygen atoms in total. The number of amides is 1. The van der Waals surface area contributed by atoms with Gasteiger partial charge in [0.15, 0.2) is 0 Å². The van der Waals surface area contributed by atoms with Gasteiger partial charge in [0.2, 0.25) is 5.91 Å². The molecular formula is C18H21ClN4O2. The molecule has 1 aromatic carbocycles. The number of nitrogens with zero attached hydrogens (tertiary/aromatic N) is 3. The van der Waals surface area contributed by atoms with Crippen molar-refractivity contribution >= 4 is 17.5 Å². The van der Waals surface area contributed by atoms with Crippen LogP contribution in [-0.2, 0) is 11.3 Å². The van der Waals surface area contributed by atoms with Crippen molar-refractivity contribution < 1.29 is 9.53 Å². The van der Waals surface area contributed by atoms with Gasteiger partial charge < -0.3 is 10.1 Å². The fourth-order valence-corrected chi connectivity index (χ4v) is 3.20. The zero-order chi connectivity index (χ0) is 17.2. The number of hydrogen-bond acceptors (Lipinski definition) is 4. The third-order valence-corrected chi connectivity index (χ3v) is 4.83. The van der Waals surface area contributed by atoms with Crippen molar-refractivity contribution in [3.05, 3.63) is 47.2 Å². The summed E-state index contributed by atoms with van der Waals surface area (Å²) < 4.78 is 7.64. The highest BCUT2D eigenvalue weighted by molar-refractivity contribution is 6.30. The number of ether oxygens (including phenoxy) is 1. The summed E-state index contributed by atoms with van der Waals surface area (Å²) in [4.78, 5) is 14.8. The summed E-state index contributed by atoms with van der Waals surface area (Å²) in [6, 6.07) is 9.41. The van der Waals surface area contributed by atoms with E-state index in [0.717, 1.165) is 37.4 Å². The molecule has 2 aliphatic rings. The van der Waals surface area contributed by atoms with Crippen LogP contribution in [0, 0.1) is 0 Å². The molecule has 1 aliphatic carbocycles. The van der Waals surface area contributed by atoms with Crippen LogP contribution < -0.4 is 10.1 Å². The molecule has 1 unspecified atom stereocenters. The van der Waals surface area contributed by atoms with E-state index in [0.29, 0.717) is 24.2 Å². The number of rotatable bonds is 6. The summed E-state index contributed by atoms with van der Waals surface area (Å²) in [5.41, 5.74) is 1.06. The molecular weight excluding hydrogens is 340 g/mol. The molecule has 1 fully saturated rings. The minimum atomic E-state index is -0.269. The SMILES string of the molecule is O=C(NC1CC1)C1CN(CCOc2ccc(Cl)cc2)Cc2ccnn21. The Hall–Kier alpha value is -2.05. The lowest BCUT2D eigenvalue weighted by Gasteiger charge is -2.33. The number of fused-ring (bicyclic) bond motifs is 1. The van der Waals surface area contributed by atoms with Crippen LogP contribution in [0.1, 0.15) is 24.6 Å².